The first-order valence-corrected chi connectivity index (χ1v) is 8.48. The Hall–Kier alpha value is -2.60. The molecule has 0 heterocycles. The highest BCUT2D eigenvalue weighted by Gasteiger charge is 2.13. The SMILES string of the molecule is COc1ccc(CC[NH2+]Cc2cc(OC)c(OC)c(OC)c2)cc1OC. The summed E-state index contributed by atoms with van der Waals surface area (Å²) in [5, 5.41) is 2.25. The van der Waals surface area contributed by atoms with Gasteiger partial charge in [0.1, 0.15) is 6.54 Å². The first-order valence-electron chi connectivity index (χ1n) is 8.48. The monoisotopic (exact) mass is 362 g/mol. The molecule has 0 atom stereocenters. The van der Waals surface area contributed by atoms with E-state index in [0.717, 1.165) is 36.6 Å². The number of hydrogen-bond acceptors (Lipinski definition) is 5. The van der Waals surface area contributed by atoms with Crippen LogP contribution in [0.4, 0.5) is 0 Å². The van der Waals surface area contributed by atoms with Crippen LogP contribution in [-0.2, 0) is 13.0 Å². The van der Waals surface area contributed by atoms with Gasteiger partial charge < -0.3 is 29.0 Å². The molecule has 0 unspecified atom stereocenters. The van der Waals surface area contributed by atoms with Crippen molar-refractivity contribution in [3.8, 4) is 28.7 Å². The smallest absolute Gasteiger partial charge is 0.203 e. The third-order valence-corrected chi connectivity index (χ3v) is 4.19. The molecule has 0 aliphatic heterocycles. The molecule has 2 aromatic rings. The van der Waals surface area contributed by atoms with E-state index in [4.69, 9.17) is 23.7 Å². The molecular weight excluding hydrogens is 334 g/mol. The molecule has 0 spiro atoms. The van der Waals surface area contributed by atoms with Gasteiger partial charge in [-0.1, -0.05) is 6.07 Å². The van der Waals surface area contributed by atoms with E-state index in [9.17, 15) is 0 Å². The van der Waals surface area contributed by atoms with Crippen LogP contribution in [0.25, 0.3) is 0 Å². The molecule has 0 saturated carbocycles. The van der Waals surface area contributed by atoms with Gasteiger partial charge in [-0.2, -0.15) is 0 Å². The summed E-state index contributed by atoms with van der Waals surface area (Å²) in [7, 11) is 8.15. The fourth-order valence-corrected chi connectivity index (χ4v) is 2.83. The van der Waals surface area contributed by atoms with E-state index in [0.29, 0.717) is 17.2 Å². The van der Waals surface area contributed by atoms with Crippen LogP contribution in [-0.4, -0.2) is 42.1 Å². The summed E-state index contributed by atoms with van der Waals surface area (Å²) in [5.41, 5.74) is 2.33. The number of benzene rings is 2. The van der Waals surface area contributed by atoms with Crippen molar-refractivity contribution >= 4 is 0 Å². The van der Waals surface area contributed by atoms with E-state index in [2.05, 4.69) is 11.4 Å². The lowest BCUT2D eigenvalue weighted by molar-refractivity contribution is -0.670. The van der Waals surface area contributed by atoms with Gasteiger partial charge in [0.15, 0.2) is 23.0 Å². The van der Waals surface area contributed by atoms with Crippen molar-refractivity contribution < 1.29 is 29.0 Å². The predicted octanol–water partition coefficient (Wildman–Crippen LogP) is 2.04. The van der Waals surface area contributed by atoms with Crippen molar-refractivity contribution in [3.63, 3.8) is 0 Å². The summed E-state index contributed by atoms with van der Waals surface area (Å²) in [6.07, 6.45) is 0.935. The lowest BCUT2D eigenvalue weighted by Crippen LogP contribution is -2.83. The molecule has 0 saturated heterocycles. The molecule has 26 heavy (non-hydrogen) atoms. The number of nitrogens with two attached hydrogens (primary N) is 1. The van der Waals surface area contributed by atoms with Crippen LogP contribution >= 0.6 is 0 Å². The summed E-state index contributed by atoms with van der Waals surface area (Å²) >= 11 is 0. The minimum absolute atomic E-state index is 0.615. The lowest BCUT2D eigenvalue weighted by Gasteiger charge is -2.13. The predicted molar refractivity (Wildman–Crippen MR) is 99.8 cm³/mol. The average molecular weight is 362 g/mol. The zero-order chi connectivity index (χ0) is 18.9. The highest BCUT2D eigenvalue weighted by atomic mass is 16.5. The normalized spacial score (nSPS) is 10.3. The van der Waals surface area contributed by atoms with E-state index in [1.165, 1.54) is 5.56 Å². The average Bonchev–Trinajstić information content (AvgIpc) is 2.69. The third kappa shape index (κ3) is 4.73. The van der Waals surface area contributed by atoms with Crippen molar-refractivity contribution in [2.75, 3.05) is 42.1 Å². The van der Waals surface area contributed by atoms with Crippen LogP contribution in [0.3, 0.4) is 0 Å². The summed E-state index contributed by atoms with van der Waals surface area (Å²) in [5.74, 6) is 3.47. The molecule has 2 N–H and O–H groups in total. The highest BCUT2D eigenvalue weighted by molar-refractivity contribution is 5.53. The van der Waals surface area contributed by atoms with Gasteiger partial charge >= 0.3 is 0 Å². The van der Waals surface area contributed by atoms with Crippen molar-refractivity contribution in [1.29, 1.82) is 0 Å². The van der Waals surface area contributed by atoms with Gasteiger partial charge in [-0.05, 0) is 29.8 Å². The molecule has 0 amide bonds. The van der Waals surface area contributed by atoms with Crippen LogP contribution in [0.5, 0.6) is 28.7 Å². The van der Waals surface area contributed by atoms with Crippen LogP contribution in [0.15, 0.2) is 30.3 Å². The molecule has 142 valence electrons. The molecule has 0 radical (unpaired) electrons. The fourth-order valence-electron chi connectivity index (χ4n) is 2.83. The summed E-state index contributed by atoms with van der Waals surface area (Å²) in [6, 6.07) is 9.98. The second-order valence-electron chi connectivity index (χ2n) is 5.75. The standard InChI is InChI=1S/C20H27NO5/c1-22-16-7-6-14(10-17(16)23-2)8-9-21-13-15-11-18(24-3)20(26-5)19(12-15)25-4/h6-7,10-12,21H,8-9,13H2,1-5H3/p+1. The Bertz CT molecular complexity index is 692. The fraction of sp³-hybridized carbons (Fsp3) is 0.400. The number of ether oxygens (including phenoxy) is 5. The Labute approximate surface area is 155 Å². The molecular formula is C20H28NO5+. The summed E-state index contributed by atoms with van der Waals surface area (Å²) in [4.78, 5) is 0. The molecule has 0 aliphatic rings. The Morgan fingerprint density at radius 1 is 0.654 bits per heavy atom. The van der Waals surface area contributed by atoms with Crippen LogP contribution in [0.1, 0.15) is 11.1 Å². The number of rotatable bonds is 10. The Morgan fingerprint density at radius 2 is 1.23 bits per heavy atom. The topological polar surface area (TPSA) is 62.8 Å². The lowest BCUT2D eigenvalue weighted by atomic mass is 10.1. The minimum atomic E-state index is 0.615. The molecule has 6 heteroatoms. The molecule has 0 fully saturated rings. The van der Waals surface area contributed by atoms with Gasteiger partial charge in [0.2, 0.25) is 5.75 Å². The van der Waals surface area contributed by atoms with E-state index in [-0.39, 0.29) is 0 Å². The second kappa shape index (κ2) is 9.77. The maximum absolute atomic E-state index is 5.40. The Morgan fingerprint density at radius 3 is 1.77 bits per heavy atom. The molecule has 2 aromatic carbocycles. The molecule has 0 aromatic heterocycles. The maximum Gasteiger partial charge on any atom is 0.203 e. The van der Waals surface area contributed by atoms with Gasteiger partial charge in [-0.15, -0.1) is 0 Å². The van der Waals surface area contributed by atoms with Gasteiger partial charge in [-0.3, -0.25) is 0 Å². The van der Waals surface area contributed by atoms with Crippen molar-refractivity contribution in [3.05, 3.63) is 41.5 Å². The Balaban J connectivity index is 1.96. The summed E-state index contributed by atoms with van der Waals surface area (Å²) < 4.78 is 26.8. The van der Waals surface area contributed by atoms with Crippen molar-refractivity contribution in [2.45, 2.75) is 13.0 Å². The quantitative estimate of drug-likeness (QED) is 0.656. The summed E-state index contributed by atoms with van der Waals surface area (Å²) in [6.45, 7) is 1.77. The van der Waals surface area contributed by atoms with Gasteiger partial charge in [-0.25, -0.2) is 0 Å². The maximum atomic E-state index is 5.40. The van der Waals surface area contributed by atoms with Crippen molar-refractivity contribution in [2.24, 2.45) is 0 Å². The molecule has 6 nitrogen and oxygen atoms in total. The van der Waals surface area contributed by atoms with E-state index >= 15 is 0 Å². The number of hydrogen-bond donors (Lipinski definition) is 1. The molecule has 2 rings (SSSR count). The Kier molecular flexibility index (Phi) is 7.41. The van der Waals surface area contributed by atoms with E-state index in [1.54, 1.807) is 35.5 Å². The third-order valence-electron chi connectivity index (χ3n) is 4.19. The highest BCUT2D eigenvalue weighted by Crippen LogP contribution is 2.37. The van der Waals surface area contributed by atoms with Crippen LogP contribution < -0.4 is 29.0 Å². The zero-order valence-electron chi connectivity index (χ0n) is 16.1. The second-order valence-corrected chi connectivity index (χ2v) is 5.75. The van der Waals surface area contributed by atoms with Crippen LogP contribution in [0.2, 0.25) is 0 Å². The van der Waals surface area contributed by atoms with Crippen LogP contribution in [0, 0.1) is 0 Å². The molecule has 0 aliphatic carbocycles. The zero-order valence-corrected chi connectivity index (χ0v) is 16.1. The van der Waals surface area contributed by atoms with E-state index in [1.807, 2.05) is 24.3 Å². The molecule has 0 bridgehead atoms. The minimum Gasteiger partial charge on any atom is -0.493 e. The van der Waals surface area contributed by atoms with Gasteiger partial charge in [0.25, 0.3) is 0 Å². The first kappa shape index (κ1) is 19.7. The van der Waals surface area contributed by atoms with Gasteiger partial charge in [0, 0.05) is 12.0 Å². The first-order chi connectivity index (χ1) is 12.7. The van der Waals surface area contributed by atoms with Gasteiger partial charge in [0.05, 0.1) is 42.1 Å². The number of methoxy groups -OCH3 is 5. The van der Waals surface area contributed by atoms with E-state index < -0.39 is 0 Å². The van der Waals surface area contributed by atoms with Crippen molar-refractivity contribution in [1.82, 2.24) is 0 Å². The largest absolute Gasteiger partial charge is 0.493 e. The number of quaternary nitrogens is 1.